The van der Waals surface area contributed by atoms with Gasteiger partial charge in [0.15, 0.2) is 0 Å². The third-order valence-corrected chi connectivity index (χ3v) is 6.84. The first-order valence-corrected chi connectivity index (χ1v) is 12.5. The van der Waals surface area contributed by atoms with Gasteiger partial charge in [0.2, 0.25) is 0 Å². The number of benzene rings is 1. The van der Waals surface area contributed by atoms with Gasteiger partial charge in [-0.15, -0.1) is 0 Å². The van der Waals surface area contributed by atoms with E-state index in [0.29, 0.717) is 17.5 Å². The second kappa shape index (κ2) is 9.43. The van der Waals surface area contributed by atoms with Crippen LogP contribution in [0, 0.1) is 13.8 Å². The highest BCUT2D eigenvalue weighted by atomic mass is 16.5. The van der Waals surface area contributed by atoms with Gasteiger partial charge in [0.25, 0.3) is 11.5 Å². The number of aromatic nitrogens is 2. The fourth-order valence-electron chi connectivity index (χ4n) is 5.06. The molecule has 0 spiro atoms. The molecule has 3 aromatic rings. The fraction of sp³-hybridized carbons (Fsp3) is 0.393. The van der Waals surface area contributed by atoms with E-state index in [1.54, 1.807) is 0 Å². The molecule has 36 heavy (non-hydrogen) atoms. The summed E-state index contributed by atoms with van der Waals surface area (Å²) in [5.41, 5.74) is 4.99. The number of carbonyl (C=O) groups is 1. The number of carbonyl (C=O) groups excluding carboxylic acids is 1. The van der Waals surface area contributed by atoms with Crippen LogP contribution in [0.4, 0.5) is 5.82 Å². The van der Waals surface area contributed by atoms with Crippen molar-refractivity contribution in [1.29, 1.82) is 0 Å². The average molecular weight is 488 g/mol. The minimum atomic E-state index is -0.355. The first-order valence-electron chi connectivity index (χ1n) is 12.5. The molecule has 1 fully saturated rings. The molecule has 3 N–H and O–H groups in total. The standard InChI is InChI=1S/C28H33N5O3/c1-17-11-18(2)32-27(35)23(17)16-31-26(34)20-12-21-14-28(3,4)36-25(21)22(13-20)19-5-6-24(30-15-19)33-9-7-29-8-10-33/h5-6,11-13,15,29H,7-10,14,16H2,1-4H3,(H,31,34)(H,32,35). The molecule has 4 heterocycles. The van der Waals surface area contributed by atoms with Crippen molar-refractivity contribution in [2.45, 2.75) is 46.3 Å². The van der Waals surface area contributed by atoms with E-state index >= 15 is 0 Å². The predicted molar refractivity (Wildman–Crippen MR) is 141 cm³/mol. The summed E-state index contributed by atoms with van der Waals surface area (Å²) in [5, 5.41) is 6.29. The van der Waals surface area contributed by atoms with Crippen molar-refractivity contribution in [2.24, 2.45) is 0 Å². The molecule has 8 nitrogen and oxygen atoms in total. The lowest BCUT2D eigenvalue weighted by atomic mass is 9.95. The van der Waals surface area contributed by atoms with Crippen LogP contribution in [0.25, 0.3) is 11.1 Å². The quantitative estimate of drug-likeness (QED) is 0.512. The lowest BCUT2D eigenvalue weighted by Crippen LogP contribution is -2.43. The van der Waals surface area contributed by atoms with Gasteiger partial charge in [-0.1, -0.05) is 0 Å². The number of aryl methyl sites for hydroxylation is 2. The smallest absolute Gasteiger partial charge is 0.253 e. The number of rotatable bonds is 5. The first kappa shape index (κ1) is 24.1. The maximum atomic E-state index is 13.2. The van der Waals surface area contributed by atoms with E-state index in [4.69, 9.17) is 9.72 Å². The molecule has 2 aliphatic heterocycles. The van der Waals surface area contributed by atoms with Crippen LogP contribution in [0.3, 0.4) is 0 Å². The molecule has 0 atom stereocenters. The number of amides is 1. The van der Waals surface area contributed by atoms with E-state index < -0.39 is 0 Å². The molecule has 0 radical (unpaired) electrons. The third-order valence-electron chi connectivity index (χ3n) is 6.84. The Morgan fingerprint density at radius 3 is 2.64 bits per heavy atom. The van der Waals surface area contributed by atoms with Crippen LogP contribution in [0.1, 0.15) is 46.6 Å². The minimum absolute atomic E-state index is 0.162. The van der Waals surface area contributed by atoms with Crippen molar-refractivity contribution in [3.63, 3.8) is 0 Å². The van der Waals surface area contributed by atoms with Gasteiger partial charge in [0, 0.05) is 73.3 Å². The number of nitrogens with zero attached hydrogens (tertiary/aromatic N) is 2. The number of hydrogen-bond donors (Lipinski definition) is 3. The molecule has 5 rings (SSSR count). The number of aromatic amines is 1. The number of pyridine rings is 2. The van der Waals surface area contributed by atoms with Gasteiger partial charge in [-0.2, -0.15) is 0 Å². The summed E-state index contributed by atoms with van der Waals surface area (Å²) in [6.45, 7) is 11.7. The summed E-state index contributed by atoms with van der Waals surface area (Å²) in [7, 11) is 0. The van der Waals surface area contributed by atoms with Crippen molar-refractivity contribution >= 4 is 11.7 Å². The van der Waals surface area contributed by atoms with Gasteiger partial charge in [-0.05, 0) is 69.2 Å². The lowest BCUT2D eigenvalue weighted by molar-refractivity contribution is 0.0950. The number of ether oxygens (including phenoxy) is 1. The summed E-state index contributed by atoms with van der Waals surface area (Å²) >= 11 is 0. The number of piperazine rings is 1. The van der Waals surface area contributed by atoms with Crippen molar-refractivity contribution in [3.05, 3.63) is 74.8 Å². The van der Waals surface area contributed by atoms with Crippen LogP contribution < -0.4 is 25.8 Å². The van der Waals surface area contributed by atoms with E-state index in [2.05, 4.69) is 34.4 Å². The van der Waals surface area contributed by atoms with Crippen LogP contribution in [-0.4, -0.2) is 47.7 Å². The van der Waals surface area contributed by atoms with Crippen LogP contribution in [0.2, 0.25) is 0 Å². The molecule has 1 aromatic carbocycles. The molecule has 1 saturated heterocycles. The molecule has 188 valence electrons. The summed E-state index contributed by atoms with van der Waals surface area (Å²) in [5.74, 6) is 1.53. The normalized spacial score (nSPS) is 16.4. The van der Waals surface area contributed by atoms with Gasteiger partial charge < -0.3 is 25.3 Å². The van der Waals surface area contributed by atoms with Crippen LogP contribution in [0.5, 0.6) is 5.75 Å². The maximum Gasteiger partial charge on any atom is 0.253 e. The van der Waals surface area contributed by atoms with Crippen LogP contribution in [-0.2, 0) is 13.0 Å². The Morgan fingerprint density at radius 1 is 1.17 bits per heavy atom. The van der Waals surface area contributed by atoms with Gasteiger partial charge >= 0.3 is 0 Å². The van der Waals surface area contributed by atoms with Gasteiger partial charge in [-0.3, -0.25) is 9.59 Å². The Hall–Kier alpha value is -3.65. The third kappa shape index (κ3) is 4.86. The summed E-state index contributed by atoms with van der Waals surface area (Å²) in [6, 6.07) is 9.76. The van der Waals surface area contributed by atoms with Crippen LogP contribution >= 0.6 is 0 Å². The monoisotopic (exact) mass is 487 g/mol. The second-order valence-electron chi connectivity index (χ2n) is 10.3. The molecule has 0 unspecified atom stereocenters. The zero-order chi connectivity index (χ0) is 25.4. The summed E-state index contributed by atoms with van der Waals surface area (Å²) in [4.78, 5) is 35.4. The van der Waals surface area contributed by atoms with E-state index in [0.717, 1.165) is 65.7 Å². The van der Waals surface area contributed by atoms with Crippen molar-refractivity contribution < 1.29 is 9.53 Å². The molecular formula is C28H33N5O3. The molecule has 1 amide bonds. The van der Waals surface area contributed by atoms with E-state index in [-0.39, 0.29) is 23.6 Å². The van der Waals surface area contributed by atoms with Gasteiger partial charge in [0.05, 0.1) is 0 Å². The SMILES string of the molecule is Cc1cc(C)c(CNC(=O)c2cc3c(c(-c4ccc(N5CCNCC5)nc4)c2)OC(C)(C)C3)c(=O)[nH]1. The van der Waals surface area contributed by atoms with Crippen LogP contribution in [0.15, 0.2) is 41.3 Å². The molecule has 8 heteroatoms. The van der Waals surface area contributed by atoms with E-state index in [1.165, 1.54) is 0 Å². The number of H-pyrrole nitrogens is 1. The number of nitrogens with one attached hydrogen (secondary N) is 3. The highest BCUT2D eigenvalue weighted by Crippen LogP contribution is 2.43. The molecule has 0 saturated carbocycles. The van der Waals surface area contributed by atoms with Gasteiger partial charge in [-0.25, -0.2) is 4.98 Å². The minimum Gasteiger partial charge on any atom is -0.487 e. The topological polar surface area (TPSA) is 99.3 Å². The fourth-order valence-corrected chi connectivity index (χ4v) is 5.06. The zero-order valence-corrected chi connectivity index (χ0v) is 21.3. The summed E-state index contributed by atoms with van der Waals surface area (Å²) < 4.78 is 6.31. The average Bonchev–Trinajstić information content (AvgIpc) is 3.17. The number of anilines is 1. The largest absolute Gasteiger partial charge is 0.487 e. The molecule has 0 aliphatic carbocycles. The Morgan fingerprint density at radius 2 is 1.94 bits per heavy atom. The highest BCUT2D eigenvalue weighted by molar-refractivity contribution is 5.96. The van der Waals surface area contributed by atoms with Crippen molar-refractivity contribution in [3.8, 4) is 16.9 Å². The number of fused-ring (bicyclic) bond motifs is 1. The molecule has 2 aromatic heterocycles. The Balaban J connectivity index is 1.44. The lowest BCUT2D eigenvalue weighted by Gasteiger charge is -2.28. The van der Waals surface area contributed by atoms with Crippen molar-refractivity contribution in [1.82, 2.24) is 20.6 Å². The molecule has 0 bridgehead atoms. The maximum absolute atomic E-state index is 13.2. The van der Waals surface area contributed by atoms with E-state index in [1.807, 2.05) is 50.4 Å². The van der Waals surface area contributed by atoms with E-state index in [9.17, 15) is 9.59 Å². The Labute approximate surface area is 211 Å². The number of hydrogen-bond acceptors (Lipinski definition) is 6. The Bertz CT molecular complexity index is 1350. The molecule has 2 aliphatic rings. The van der Waals surface area contributed by atoms with Gasteiger partial charge in [0.1, 0.15) is 17.2 Å². The Kier molecular flexibility index (Phi) is 6.30. The summed E-state index contributed by atoms with van der Waals surface area (Å²) in [6.07, 6.45) is 2.57. The second-order valence-corrected chi connectivity index (χ2v) is 10.3. The zero-order valence-electron chi connectivity index (χ0n) is 21.3. The predicted octanol–water partition coefficient (Wildman–Crippen LogP) is 3.11. The highest BCUT2D eigenvalue weighted by Gasteiger charge is 2.33. The molecular weight excluding hydrogens is 454 g/mol. The first-order chi connectivity index (χ1) is 17.2. The van der Waals surface area contributed by atoms with Crippen molar-refractivity contribution in [2.75, 3.05) is 31.1 Å².